The van der Waals surface area contributed by atoms with Crippen LogP contribution in [0.15, 0.2) is 71.6 Å². The Labute approximate surface area is 205 Å². The molecule has 1 unspecified atom stereocenters. The lowest BCUT2D eigenvalue weighted by Gasteiger charge is -2.16. The second kappa shape index (κ2) is 11.1. The first-order valence-corrected chi connectivity index (χ1v) is 12.4. The molecule has 1 amide bonds. The van der Waals surface area contributed by atoms with Crippen molar-refractivity contribution in [1.29, 1.82) is 0 Å². The summed E-state index contributed by atoms with van der Waals surface area (Å²) in [5, 5.41) is 2.71. The first-order valence-electron chi connectivity index (χ1n) is 10.9. The van der Waals surface area contributed by atoms with Crippen LogP contribution in [0.1, 0.15) is 34.0 Å². The van der Waals surface area contributed by atoms with Crippen LogP contribution < -0.4 is 14.8 Å². The summed E-state index contributed by atoms with van der Waals surface area (Å²) < 4.78 is 38.9. The number of nitrogens with one attached hydrogen (secondary N) is 2. The number of anilines is 1. The second-order valence-corrected chi connectivity index (χ2v) is 9.68. The van der Waals surface area contributed by atoms with Crippen molar-refractivity contribution in [2.75, 3.05) is 11.8 Å². The Kier molecular flexibility index (Phi) is 8.14. The van der Waals surface area contributed by atoms with E-state index in [-0.39, 0.29) is 22.7 Å². The Hall–Kier alpha value is -3.85. The van der Waals surface area contributed by atoms with Crippen molar-refractivity contribution in [2.45, 2.75) is 38.3 Å². The largest absolute Gasteiger partial charge is 0.497 e. The fraction of sp³-hybridized carbons (Fsp3) is 0.231. The van der Waals surface area contributed by atoms with Gasteiger partial charge < -0.3 is 14.8 Å². The summed E-state index contributed by atoms with van der Waals surface area (Å²) in [5.41, 5.74) is 2.27. The number of ether oxygens (including phenoxy) is 2. The fourth-order valence-electron chi connectivity index (χ4n) is 3.30. The highest BCUT2D eigenvalue weighted by molar-refractivity contribution is 7.92. The number of carbonyl (C=O) groups is 2. The molecule has 0 aliphatic heterocycles. The van der Waals surface area contributed by atoms with Crippen molar-refractivity contribution in [3.8, 4) is 5.75 Å². The average molecular weight is 497 g/mol. The Morgan fingerprint density at radius 2 is 1.66 bits per heavy atom. The summed E-state index contributed by atoms with van der Waals surface area (Å²) in [6.45, 7) is 5.19. The van der Waals surface area contributed by atoms with Gasteiger partial charge in [0, 0.05) is 6.54 Å². The van der Waals surface area contributed by atoms with E-state index < -0.39 is 28.0 Å². The molecular formula is C26H28N2O6S. The zero-order valence-electron chi connectivity index (χ0n) is 20.0. The van der Waals surface area contributed by atoms with E-state index in [1.165, 1.54) is 19.1 Å². The van der Waals surface area contributed by atoms with E-state index in [1.807, 2.05) is 18.2 Å². The molecule has 8 nitrogen and oxygen atoms in total. The van der Waals surface area contributed by atoms with E-state index in [9.17, 15) is 18.0 Å². The molecule has 9 heteroatoms. The third kappa shape index (κ3) is 6.60. The van der Waals surface area contributed by atoms with Gasteiger partial charge in [0.1, 0.15) is 5.75 Å². The quantitative estimate of drug-likeness (QED) is 0.434. The average Bonchev–Trinajstić information content (AvgIpc) is 2.84. The normalized spacial score (nSPS) is 11.9. The smallest absolute Gasteiger partial charge is 0.341 e. The van der Waals surface area contributed by atoms with Gasteiger partial charge in [-0.1, -0.05) is 36.4 Å². The number of para-hydroxylation sites is 1. The van der Waals surface area contributed by atoms with Crippen molar-refractivity contribution in [3.63, 3.8) is 0 Å². The predicted octanol–water partition coefficient (Wildman–Crippen LogP) is 3.97. The van der Waals surface area contributed by atoms with Crippen LogP contribution in [0.4, 0.5) is 5.69 Å². The molecule has 3 rings (SSSR count). The highest BCUT2D eigenvalue weighted by Crippen LogP contribution is 2.24. The van der Waals surface area contributed by atoms with Crippen molar-refractivity contribution in [3.05, 3.63) is 89.0 Å². The van der Waals surface area contributed by atoms with E-state index in [4.69, 9.17) is 9.47 Å². The zero-order chi connectivity index (χ0) is 25.6. The number of carbonyl (C=O) groups excluding carboxylic acids is 2. The van der Waals surface area contributed by atoms with Gasteiger partial charge in [0.15, 0.2) is 6.10 Å². The molecule has 0 spiro atoms. The number of aryl methyl sites for hydroxylation is 2. The maximum Gasteiger partial charge on any atom is 0.341 e. The lowest BCUT2D eigenvalue weighted by atomic mass is 10.2. The Morgan fingerprint density at radius 1 is 0.971 bits per heavy atom. The molecule has 0 aromatic heterocycles. The van der Waals surface area contributed by atoms with Gasteiger partial charge in [0.2, 0.25) is 0 Å². The summed E-state index contributed by atoms with van der Waals surface area (Å²) in [6.07, 6.45) is -1.09. The van der Waals surface area contributed by atoms with Crippen LogP contribution in [0.5, 0.6) is 5.75 Å². The second-order valence-electron chi connectivity index (χ2n) is 8.03. The molecule has 0 saturated carbocycles. The van der Waals surface area contributed by atoms with E-state index in [0.29, 0.717) is 11.3 Å². The monoisotopic (exact) mass is 496 g/mol. The minimum atomic E-state index is -3.96. The molecule has 184 valence electrons. The van der Waals surface area contributed by atoms with Crippen LogP contribution in [0.25, 0.3) is 0 Å². The molecular weight excluding hydrogens is 468 g/mol. The van der Waals surface area contributed by atoms with E-state index in [2.05, 4.69) is 10.0 Å². The van der Waals surface area contributed by atoms with Gasteiger partial charge in [0.05, 0.1) is 23.3 Å². The van der Waals surface area contributed by atoms with Gasteiger partial charge >= 0.3 is 5.97 Å². The molecule has 0 heterocycles. The summed E-state index contributed by atoms with van der Waals surface area (Å²) in [5.74, 6) is -0.604. The number of rotatable bonds is 9. The van der Waals surface area contributed by atoms with Gasteiger partial charge in [-0.3, -0.25) is 9.52 Å². The maximum absolute atomic E-state index is 13.0. The molecule has 35 heavy (non-hydrogen) atoms. The third-order valence-corrected chi connectivity index (χ3v) is 6.81. The SMILES string of the molecule is COc1ccc(CNC(=O)C(C)OC(=O)c2ccccc2NS(=O)(=O)c2cc(C)ccc2C)cc1. The van der Waals surface area contributed by atoms with Gasteiger partial charge in [-0.25, -0.2) is 13.2 Å². The van der Waals surface area contributed by atoms with E-state index in [1.54, 1.807) is 57.4 Å². The van der Waals surface area contributed by atoms with E-state index >= 15 is 0 Å². The number of sulfonamides is 1. The molecule has 0 bridgehead atoms. The minimum absolute atomic E-state index is 0.00353. The Bertz CT molecular complexity index is 1320. The maximum atomic E-state index is 13.0. The van der Waals surface area contributed by atoms with Crippen LogP contribution in [-0.2, 0) is 26.1 Å². The minimum Gasteiger partial charge on any atom is -0.497 e. The molecule has 0 saturated heterocycles. The molecule has 0 radical (unpaired) electrons. The lowest BCUT2D eigenvalue weighted by molar-refractivity contribution is -0.129. The van der Waals surface area contributed by atoms with Gasteiger partial charge in [-0.15, -0.1) is 0 Å². The summed E-state index contributed by atoms with van der Waals surface area (Å²) >= 11 is 0. The number of methoxy groups -OCH3 is 1. The predicted molar refractivity (Wildman–Crippen MR) is 133 cm³/mol. The van der Waals surface area contributed by atoms with Crippen LogP contribution in [0.3, 0.4) is 0 Å². The van der Waals surface area contributed by atoms with Crippen LogP contribution in [-0.4, -0.2) is 33.5 Å². The summed E-state index contributed by atoms with van der Waals surface area (Å²) in [6, 6.07) is 18.4. The molecule has 0 aliphatic carbocycles. The fourth-order valence-corrected chi connectivity index (χ4v) is 4.71. The molecule has 3 aromatic carbocycles. The van der Waals surface area contributed by atoms with Crippen molar-refractivity contribution in [1.82, 2.24) is 5.32 Å². The van der Waals surface area contributed by atoms with Gasteiger partial charge in [-0.2, -0.15) is 0 Å². The number of benzene rings is 3. The number of esters is 1. The van der Waals surface area contributed by atoms with Gasteiger partial charge in [0.25, 0.3) is 15.9 Å². The summed E-state index contributed by atoms with van der Waals surface area (Å²) in [7, 11) is -2.39. The first-order chi connectivity index (χ1) is 16.6. The number of hydrogen-bond donors (Lipinski definition) is 2. The van der Waals surface area contributed by atoms with Gasteiger partial charge in [-0.05, 0) is 67.8 Å². The van der Waals surface area contributed by atoms with Crippen LogP contribution in [0.2, 0.25) is 0 Å². The highest BCUT2D eigenvalue weighted by atomic mass is 32.2. The number of amides is 1. The summed E-state index contributed by atoms with van der Waals surface area (Å²) in [4.78, 5) is 25.4. The molecule has 0 aliphatic rings. The highest BCUT2D eigenvalue weighted by Gasteiger charge is 2.24. The topological polar surface area (TPSA) is 111 Å². The standard InChI is InChI=1S/C26H28N2O6S/c1-17-9-10-18(2)24(15-17)35(31,32)28-23-8-6-5-7-22(23)26(30)34-19(3)25(29)27-16-20-11-13-21(33-4)14-12-20/h5-15,19,28H,16H2,1-4H3,(H,27,29). The van der Waals surface area contributed by atoms with Crippen molar-refractivity contribution in [2.24, 2.45) is 0 Å². The Morgan fingerprint density at radius 3 is 2.34 bits per heavy atom. The van der Waals surface area contributed by atoms with Crippen molar-refractivity contribution < 1.29 is 27.5 Å². The third-order valence-electron chi connectivity index (χ3n) is 5.30. The van der Waals surface area contributed by atoms with Crippen molar-refractivity contribution >= 4 is 27.6 Å². The first kappa shape index (κ1) is 25.8. The van der Waals surface area contributed by atoms with E-state index in [0.717, 1.165) is 11.1 Å². The van der Waals surface area contributed by atoms with Crippen LogP contribution in [0, 0.1) is 13.8 Å². The Balaban J connectivity index is 1.68. The molecule has 3 aromatic rings. The van der Waals surface area contributed by atoms with Crippen LogP contribution >= 0.6 is 0 Å². The molecule has 1 atom stereocenters. The number of hydrogen-bond acceptors (Lipinski definition) is 6. The lowest BCUT2D eigenvalue weighted by Crippen LogP contribution is -2.35. The molecule has 2 N–H and O–H groups in total. The zero-order valence-corrected chi connectivity index (χ0v) is 20.8. The molecule has 0 fully saturated rings.